The minimum atomic E-state index is 0.000880. The van der Waals surface area contributed by atoms with Crippen molar-refractivity contribution in [1.82, 2.24) is 5.06 Å². The van der Waals surface area contributed by atoms with Gasteiger partial charge in [-0.05, 0) is 12.8 Å². The summed E-state index contributed by atoms with van der Waals surface area (Å²) < 4.78 is 0. The molecule has 0 atom stereocenters. The summed E-state index contributed by atoms with van der Waals surface area (Å²) in [7, 11) is 3.10. The van der Waals surface area contributed by atoms with Crippen molar-refractivity contribution in [1.29, 1.82) is 0 Å². The van der Waals surface area contributed by atoms with E-state index in [1.165, 1.54) is 12.2 Å². The average Bonchev–Trinajstić information content (AvgIpc) is 2.03. The minimum Gasteiger partial charge on any atom is -0.275 e. The van der Waals surface area contributed by atoms with Crippen molar-refractivity contribution < 1.29 is 9.63 Å². The van der Waals surface area contributed by atoms with Crippen LogP contribution in [0.25, 0.3) is 0 Å². The number of nitrogens with zero attached hydrogens (tertiary/aromatic N) is 1. The van der Waals surface area contributed by atoms with Gasteiger partial charge in [0.1, 0.15) is 0 Å². The van der Waals surface area contributed by atoms with Gasteiger partial charge < -0.3 is 0 Å². The molecule has 0 aromatic heterocycles. The molecule has 0 heterocycles. The second-order valence-electron chi connectivity index (χ2n) is 2.36. The smallest absolute Gasteiger partial charge is 0.246 e. The maximum atomic E-state index is 11.0. The quantitative estimate of drug-likeness (QED) is 0.447. The fourth-order valence-corrected chi connectivity index (χ4v) is 0.660. The van der Waals surface area contributed by atoms with Crippen LogP contribution >= 0.6 is 0 Å². The predicted molar refractivity (Wildman–Crippen MR) is 43.6 cm³/mol. The first kappa shape index (κ1) is 10.4. The van der Waals surface area contributed by atoms with E-state index in [4.69, 9.17) is 4.84 Å². The van der Waals surface area contributed by atoms with Gasteiger partial charge in [0.05, 0.1) is 7.11 Å². The molecule has 0 bridgehead atoms. The molecule has 0 unspecified atom stereocenters. The molecular weight excluding hydrogens is 142 g/mol. The van der Waals surface area contributed by atoms with Crippen molar-refractivity contribution in [2.75, 3.05) is 14.2 Å². The molecule has 0 spiro atoms. The fourth-order valence-electron chi connectivity index (χ4n) is 0.660. The Kier molecular flexibility index (Phi) is 5.84. The van der Waals surface area contributed by atoms with Gasteiger partial charge in [-0.2, -0.15) is 0 Å². The zero-order chi connectivity index (χ0) is 8.69. The van der Waals surface area contributed by atoms with Gasteiger partial charge in [0.2, 0.25) is 5.91 Å². The van der Waals surface area contributed by atoms with Crippen molar-refractivity contribution >= 4 is 5.91 Å². The summed E-state index contributed by atoms with van der Waals surface area (Å²) in [6, 6.07) is 0. The summed E-state index contributed by atoms with van der Waals surface area (Å²) in [5.74, 6) is 0.000880. The van der Waals surface area contributed by atoms with E-state index < -0.39 is 0 Å². The Morgan fingerprint density at radius 2 is 2.27 bits per heavy atom. The SMILES string of the molecule is CCC[CH]CC(=O)N(C)OC. The molecule has 0 aliphatic rings. The van der Waals surface area contributed by atoms with Crippen molar-refractivity contribution in [3.63, 3.8) is 0 Å². The van der Waals surface area contributed by atoms with Crippen LogP contribution in [-0.2, 0) is 9.63 Å². The van der Waals surface area contributed by atoms with E-state index in [1.807, 2.05) is 6.42 Å². The molecule has 0 saturated carbocycles. The van der Waals surface area contributed by atoms with E-state index in [-0.39, 0.29) is 5.91 Å². The molecule has 1 radical (unpaired) electrons. The van der Waals surface area contributed by atoms with E-state index in [9.17, 15) is 4.79 Å². The van der Waals surface area contributed by atoms with Crippen LogP contribution in [0, 0.1) is 6.42 Å². The van der Waals surface area contributed by atoms with Gasteiger partial charge in [-0.15, -0.1) is 0 Å². The summed E-state index contributed by atoms with van der Waals surface area (Å²) in [4.78, 5) is 15.7. The zero-order valence-electron chi connectivity index (χ0n) is 7.46. The summed E-state index contributed by atoms with van der Waals surface area (Å²) in [6.07, 6.45) is 4.52. The Balaban J connectivity index is 3.36. The number of hydrogen-bond acceptors (Lipinski definition) is 2. The first-order valence-corrected chi connectivity index (χ1v) is 3.84. The highest BCUT2D eigenvalue weighted by Gasteiger charge is 2.05. The summed E-state index contributed by atoms with van der Waals surface area (Å²) in [6.45, 7) is 2.08. The van der Waals surface area contributed by atoms with Crippen molar-refractivity contribution in [3.05, 3.63) is 6.42 Å². The molecule has 1 amide bonds. The number of carbonyl (C=O) groups is 1. The van der Waals surface area contributed by atoms with Crippen molar-refractivity contribution in [2.45, 2.75) is 26.2 Å². The monoisotopic (exact) mass is 158 g/mol. The minimum absolute atomic E-state index is 0.000880. The van der Waals surface area contributed by atoms with Gasteiger partial charge in [0, 0.05) is 13.5 Å². The van der Waals surface area contributed by atoms with E-state index in [0.29, 0.717) is 6.42 Å². The Bertz CT molecular complexity index is 115. The van der Waals surface area contributed by atoms with Crippen LogP contribution in [0.2, 0.25) is 0 Å². The molecule has 11 heavy (non-hydrogen) atoms. The second-order valence-corrected chi connectivity index (χ2v) is 2.36. The van der Waals surface area contributed by atoms with Crippen LogP contribution < -0.4 is 0 Å². The normalized spacial score (nSPS) is 9.73. The van der Waals surface area contributed by atoms with Gasteiger partial charge in [0.25, 0.3) is 0 Å². The Labute approximate surface area is 68.3 Å². The van der Waals surface area contributed by atoms with Crippen LogP contribution in [0.5, 0.6) is 0 Å². The molecule has 0 fully saturated rings. The molecule has 0 aliphatic heterocycles. The number of carbonyl (C=O) groups excluding carboxylic acids is 1. The van der Waals surface area contributed by atoms with Gasteiger partial charge in [-0.1, -0.05) is 13.3 Å². The number of rotatable bonds is 5. The molecule has 3 nitrogen and oxygen atoms in total. The molecule has 0 N–H and O–H groups in total. The maximum Gasteiger partial charge on any atom is 0.246 e. The molecular formula is C8H16NO2. The van der Waals surface area contributed by atoms with Gasteiger partial charge >= 0.3 is 0 Å². The van der Waals surface area contributed by atoms with Gasteiger partial charge in [-0.25, -0.2) is 5.06 Å². The molecule has 3 heteroatoms. The van der Waals surface area contributed by atoms with Crippen LogP contribution in [0.15, 0.2) is 0 Å². The highest BCUT2D eigenvalue weighted by molar-refractivity contribution is 5.75. The molecule has 65 valence electrons. The van der Waals surface area contributed by atoms with E-state index in [2.05, 4.69) is 6.92 Å². The van der Waals surface area contributed by atoms with Crippen LogP contribution in [0.1, 0.15) is 26.2 Å². The first-order valence-electron chi connectivity index (χ1n) is 3.84. The van der Waals surface area contributed by atoms with Crippen LogP contribution in [0.3, 0.4) is 0 Å². The molecule has 0 rings (SSSR count). The number of hydroxylamine groups is 2. The molecule has 0 aliphatic carbocycles. The Morgan fingerprint density at radius 1 is 1.64 bits per heavy atom. The lowest BCUT2D eigenvalue weighted by atomic mass is 10.2. The highest BCUT2D eigenvalue weighted by atomic mass is 16.7. The van der Waals surface area contributed by atoms with E-state index in [1.54, 1.807) is 7.05 Å². The lowest BCUT2D eigenvalue weighted by molar-refractivity contribution is -0.167. The largest absolute Gasteiger partial charge is 0.275 e. The fraction of sp³-hybridized carbons (Fsp3) is 0.750. The third-order valence-corrected chi connectivity index (χ3v) is 1.44. The topological polar surface area (TPSA) is 29.5 Å². The number of amides is 1. The average molecular weight is 158 g/mol. The van der Waals surface area contributed by atoms with Crippen molar-refractivity contribution in [2.24, 2.45) is 0 Å². The Morgan fingerprint density at radius 3 is 2.73 bits per heavy atom. The lowest BCUT2D eigenvalue weighted by Gasteiger charge is -2.12. The number of unbranched alkanes of at least 4 members (excludes halogenated alkanes) is 2. The van der Waals surface area contributed by atoms with Gasteiger partial charge in [0.15, 0.2) is 0 Å². The summed E-state index contributed by atoms with van der Waals surface area (Å²) in [5.41, 5.74) is 0. The van der Waals surface area contributed by atoms with Crippen molar-refractivity contribution in [3.8, 4) is 0 Å². The number of hydrogen-bond donors (Lipinski definition) is 0. The summed E-state index contributed by atoms with van der Waals surface area (Å²) >= 11 is 0. The molecule has 0 aromatic rings. The van der Waals surface area contributed by atoms with E-state index in [0.717, 1.165) is 12.8 Å². The standard InChI is InChI=1S/C8H16NO2/c1-4-5-6-7-8(10)9(2)11-3/h6H,4-5,7H2,1-3H3. The third-order valence-electron chi connectivity index (χ3n) is 1.44. The zero-order valence-corrected chi connectivity index (χ0v) is 7.46. The van der Waals surface area contributed by atoms with Crippen LogP contribution in [0.4, 0.5) is 0 Å². The highest BCUT2D eigenvalue weighted by Crippen LogP contribution is 1.99. The van der Waals surface area contributed by atoms with Gasteiger partial charge in [-0.3, -0.25) is 9.63 Å². The molecule has 0 aromatic carbocycles. The predicted octanol–water partition coefficient (Wildman–Crippen LogP) is 1.40. The van der Waals surface area contributed by atoms with Crippen LogP contribution in [-0.4, -0.2) is 25.1 Å². The second kappa shape index (κ2) is 6.16. The Hall–Kier alpha value is -0.570. The van der Waals surface area contributed by atoms with E-state index >= 15 is 0 Å². The summed E-state index contributed by atoms with van der Waals surface area (Å²) in [5, 5.41) is 1.24. The third kappa shape index (κ3) is 4.79. The maximum absolute atomic E-state index is 11.0. The lowest BCUT2D eigenvalue weighted by Crippen LogP contribution is -2.24. The first-order chi connectivity index (χ1) is 5.22. The molecule has 0 saturated heterocycles.